The fraction of sp³-hybridized carbons (Fsp3) is 0.944. The molecule has 0 aliphatic carbocycles. The van der Waals surface area contributed by atoms with E-state index in [2.05, 4.69) is 26.4 Å². The number of rotatable bonds is 5. The zero-order valence-corrected chi connectivity index (χ0v) is 16.2. The molecule has 0 aromatic heterocycles. The molecule has 24 heavy (non-hydrogen) atoms. The highest BCUT2D eigenvalue weighted by atomic mass is 32.2. The average Bonchev–Trinajstić information content (AvgIpc) is 3.29. The lowest BCUT2D eigenvalue weighted by atomic mass is 9.99. The average molecular weight is 355 g/mol. The maximum absolute atomic E-state index is 5.55. The molecule has 5 nitrogen and oxygen atoms in total. The second kappa shape index (κ2) is 8.77. The summed E-state index contributed by atoms with van der Waals surface area (Å²) in [5, 5.41) is 3.67. The van der Waals surface area contributed by atoms with E-state index < -0.39 is 0 Å². The van der Waals surface area contributed by atoms with Crippen LogP contribution in [-0.2, 0) is 4.74 Å². The standard InChI is InChI=1S/C18H34N4OS/c1-19-17(20-15-18(24-2)6-11-23-12-7-18)22-10-5-16(14-22)13-21-8-3-4-9-21/h16H,3-15H2,1-2H3,(H,19,20). The van der Waals surface area contributed by atoms with E-state index >= 15 is 0 Å². The van der Waals surface area contributed by atoms with Gasteiger partial charge in [-0.2, -0.15) is 11.8 Å². The Hall–Kier alpha value is -0.460. The van der Waals surface area contributed by atoms with Gasteiger partial charge in [0.2, 0.25) is 0 Å². The van der Waals surface area contributed by atoms with Crippen LogP contribution in [0.25, 0.3) is 0 Å². The van der Waals surface area contributed by atoms with Crippen LogP contribution >= 0.6 is 11.8 Å². The minimum atomic E-state index is 0.308. The Morgan fingerprint density at radius 1 is 1.25 bits per heavy atom. The molecule has 0 amide bonds. The van der Waals surface area contributed by atoms with Crippen molar-refractivity contribution in [3.8, 4) is 0 Å². The van der Waals surface area contributed by atoms with E-state index in [1.807, 2.05) is 18.8 Å². The summed E-state index contributed by atoms with van der Waals surface area (Å²) in [5.41, 5.74) is 0. The minimum Gasteiger partial charge on any atom is -0.381 e. The van der Waals surface area contributed by atoms with Crippen molar-refractivity contribution in [1.82, 2.24) is 15.1 Å². The molecule has 0 saturated carbocycles. The van der Waals surface area contributed by atoms with Crippen LogP contribution in [-0.4, -0.2) is 86.3 Å². The number of hydrogen-bond acceptors (Lipinski definition) is 4. The summed E-state index contributed by atoms with van der Waals surface area (Å²) in [4.78, 5) is 9.68. The maximum Gasteiger partial charge on any atom is 0.193 e. The van der Waals surface area contributed by atoms with Gasteiger partial charge in [-0.3, -0.25) is 4.99 Å². The molecule has 0 bridgehead atoms. The number of likely N-dealkylation sites (tertiary alicyclic amines) is 2. The van der Waals surface area contributed by atoms with Crippen LogP contribution in [0, 0.1) is 5.92 Å². The van der Waals surface area contributed by atoms with Crippen molar-refractivity contribution in [2.24, 2.45) is 10.9 Å². The first-order valence-corrected chi connectivity index (χ1v) is 10.8. The molecule has 0 aromatic carbocycles. The van der Waals surface area contributed by atoms with Crippen molar-refractivity contribution in [3.05, 3.63) is 0 Å². The van der Waals surface area contributed by atoms with Crippen LogP contribution in [0.15, 0.2) is 4.99 Å². The summed E-state index contributed by atoms with van der Waals surface area (Å²) in [6.45, 7) is 8.98. The van der Waals surface area contributed by atoms with Crippen molar-refractivity contribution >= 4 is 17.7 Å². The molecule has 1 atom stereocenters. The van der Waals surface area contributed by atoms with Crippen molar-refractivity contribution in [2.75, 3.05) is 65.8 Å². The summed E-state index contributed by atoms with van der Waals surface area (Å²) in [6.07, 6.45) is 8.59. The zero-order valence-electron chi connectivity index (χ0n) is 15.4. The monoisotopic (exact) mass is 354 g/mol. The van der Waals surface area contributed by atoms with Crippen LogP contribution in [0.5, 0.6) is 0 Å². The van der Waals surface area contributed by atoms with Crippen LogP contribution in [0.2, 0.25) is 0 Å². The smallest absolute Gasteiger partial charge is 0.193 e. The first kappa shape index (κ1) is 18.3. The van der Waals surface area contributed by atoms with E-state index in [0.29, 0.717) is 4.75 Å². The number of nitrogens with zero attached hydrogens (tertiary/aromatic N) is 3. The first-order chi connectivity index (χ1) is 11.7. The quantitative estimate of drug-likeness (QED) is 0.603. The lowest BCUT2D eigenvalue weighted by molar-refractivity contribution is 0.0781. The third-order valence-corrected chi connectivity index (χ3v) is 7.34. The van der Waals surface area contributed by atoms with Crippen molar-refractivity contribution < 1.29 is 4.74 Å². The third-order valence-electron chi connectivity index (χ3n) is 5.92. The Morgan fingerprint density at radius 3 is 2.67 bits per heavy atom. The highest BCUT2D eigenvalue weighted by Gasteiger charge is 2.33. The summed E-state index contributed by atoms with van der Waals surface area (Å²) >= 11 is 1.99. The fourth-order valence-electron chi connectivity index (χ4n) is 4.27. The van der Waals surface area contributed by atoms with Crippen LogP contribution in [0.1, 0.15) is 32.1 Å². The molecule has 3 fully saturated rings. The van der Waals surface area contributed by atoms with E-state index in [0.717, 1.165) is 57.6 Å². The SMILES string of the molecule is CN=C(NCC1(SC)CCOCC1)N1CCC(CN2CCCC2)C1. The topological polar surface area (TPSA) is 40.1 Å². The first-order valence-electron chi connectivity index (χ1n) is 9.55. The Kier molecular flexibility index (Phi) is 6.70. The molecule has 1 unspecified atom stereocenters. The number of nitrogens with one attached hydrogen (secondary N) is 1. The third kappa shape index (κ3) is 4.58. The zero-order chi connectivity index (χ0) is 16.8. The van der Waals surface area contributed by atoms with Gasteiger partial charge in [0.25, 0.3) is 0 Å². The lowest BCUT2D eigenvalue weighted by Gasteiger charge is -2.37. The molecule has 138 valence electrons. The molecular weight excluding hydrogens is 320 g/mol. The highest BCUT2D eigenvalue weighted by Crippen LogP contribution is 2.33. The molecule has 0 aromatic rings. The number of thioether (sulfide) groups is 1. The van der Waals surface area contributed by atoms with Gasteiger partial charge in [-0.05, 0) is 57.4 Å². The molecular formula is C18H34N4OS. The van der Waals surface area contributed by atoms with E-state index in [9.17, 15) is 0 Å². The molecule has 3 saturated heterocycles. The molecule has 3 aliphatic heterocycles. The second-order valence-electron chi connectivity index (χ2n) is 7.51. The molecule has 3 rings (SSSR count). The van der Waals surface area contributed by atoms with Gasteiger partial charge in [-0.25, -0.2) is 0 Å². The van der Waals surface area contributed by atoms with Gasteiger partial charge in [-0.15, -0.1) is 0 Å². The summed E-state index contributed by atoms with van der Waals surface area (Å²) in [5.74, 6) is 1.90. The van der Waals surface area contributed by atoms with Gasteiger partial charge in [0.1, 0.15) is 0 Å². The van der Waals surface area contributed by atoms with E-state index in [4.69, 9.17) is 4.74 Å². The Balaban J connectivity index is 1.47. The second-order valence-corrected chi connectivity index (χ2v) is 8.78. The number of ether oxygens (including phenoxy) is 1. The summed E-state index contributed by atoms with van der Waals surface area (Å²) in [6, 6.07) is 0. The summed E-state index contributed by atoms with van der Waals surface area (Å²) < 4.78 is 5.86. The van der Waals surface area contributed by atoms with Gasteiger partial charge in [-0.1, -0.05) is 0 Å². The van der Waals surface area contributed by atoms with Crippen molar-refractivity contribution in [3.63, 3.8) is 0 Å². The minimum absolute atomic E-state index is 0.308. The normalized spacial score (nSPS) is 28.5. The van der Waals surface area contributed by atoms with Crippen molar-refractivity contribution in [1.29, 1.82) is 0 Å². The van der Waals surface area contributed by atoms with Gasteiger partial charge in [0, 0.05) is 51.2 Å². The maximum atomic E-state index is 5.55. The molecule has 0 radical (unpaired) electrons. The van der Waals surface area contributed by atoms with Crippen LogP contribution < -0.4 is 5.32 Å². The number of aliphatic imine (C=N–C) groups is 1. The number of guanidine groups is 1. The van der Waals surface area contributed by atoms with Gasteiger partial charge in [0.05, 0.1) is 0 Å². The Labute approximate surface area is 151 Å². The van der Waals surface area contributed by atoms with E-state index in [-0.39, 0.29) is 0 Å². The Morgan fingerprint density at radius 2 is 2.00 bits per heavy atom. The van der Waals surface area contributed by atoms with Gasteiger partial charge in [0.15, 0.2) is 5.96 Å². The number of hydrogen-bond donors (Lipinski definition) is 1. The molecule has 3 heterocycles. The van der Waals surface area contributed by atoms with E-state index in [1.54, 1.807) is 0 Å². The van der Waals surface area contributed by atoms with Crippen LogP contribution in [0.3, 0.4) is 0 Å². The predicted octanol–water partition coefficient (Wildman–Crippen LogP) is 1.89. The van der Waals surface area contributed by atoms with Gasteiger partial charge >= 0.3 is 0 Å². The molecule has 6 heteroatoms. The fourth-order valence-corrected chi connectivity index (χ4v) is 5.06. The molecule has 3 aliphatic rings. The van der Waals surface area contributed by atoms with Crippen LogP contribution in [0.4, 0.5) is 0 Å². The van der Waals surface area contributed by atoms with Crippen molar-refractivity contribution in [2.45, 2.75) is 36.9 Å². The van der Waals surface area contributed by atoms with E-state index in [1.165, 1.54) is 38.9 Å². The Bertz CT molecular complexity index is 419. The summed E-state index contributed by atoms with van der Waals surface area (Å²) in [7, 11) is 1.92. The largest absolute Gasteiger partial charge is 0.381 e. The lowest BCUT2D eigenvalue weighted by Crippen LogP contribution is -2.48. The highest BCUT2D eigenvalue weighted by molar-refractivity contribution is 8.00. The van der Waals surface area contributed by atoms with Gasteiger partial charge < -0.3 is 19.9 Å². The molecule has 1 N–H and O–H groups in total. The predicted molar refractivity (Wildman–Crippen MR) is 103 cm³/mol. The molecule has 0 spiro atoms.